The molecule has 0 saturated heterocycles. The van der Waals surface area contributed by atoms with Crippen LogP contribution in [-0.4, -0.2) is 26.0 Å². The standard InChI is InChI=1S/C13H20BrNO4S2/c1-3-10(4-5-13(16)17)6-7-15-21(18,19)11-8-12(14)20-9(11)2/h8,10,15H,3-7H2,1-2H3,(H,16,17). The molecule has 0 aliphatic carbocycles. The highest BCUT2D eigenvalue weighted by atomic mass is 79.9. The van der Waals surface area contributed by atoms with E-state index in [1.165, 1.54) is 11.3 Å². The van der Waals surface area contributed by atoms with Crippen LogP contribution in [0.25, 0.3) is 0 Å². The number of carboxylic acid groups (broad SMARTS) is 1. The lowest BCUT2D eigenvalue weighted by Crippen LogP contribution is -2.26. The molecule has 0 radical (unpaired) electrons. The summed E-state index contributed by atoms with van der Waals surface area (Å²) in [5.41, 5.74) is 0. The number of carboxylic acids is 1. The maximum absolute atomic E-state index is 12.2. The van der Waals surface area contributed by atoms with Crippen molar-refractivity contribution in [3.63, 3.8) is 0 Å². The molecule has 21 heavy (non-hydrogen) atoms. The first-order valence-electron chi connectivity index (χ1n) is 6.73. The SMILES string of the molecule is CCC(CCNS(=O)(=O)c1cc(Br)sc1C)CCC(=O)O. The van der Waals surface area contributed by atoms with Crippen molar-refractivity contribution >= 4 is 43.3 Å². The molecule has 1 rings (SSSR count). The van der Waals surface area contributed by atoms with E-state index in [0.29, 0.717) is 24.3 Å². The highest BCUT2D eigenvalue weighted by molar-refractivity contribution is 9.11. The molecule has 5 nitrogen and oxygen atoms in total. The lowest BCUT2D eigenvalue weighted by atomic mass is 9.97. The minimum Gasteiger partial charge on any atom is -0.481 e. The highest BCUT2D eigenvalue weighted by Gasteiger charge is 2.19. The zero-order valence-electron chi connectivity index (χ0n) is 12.1. The van der Waals surface area contributed by atoms with Gasteiger partial charge in [-0.2, -0.15) is 0 Å². The molecule has 2 N–H and O–H groups in total. The van der Waals surface area contributed by atoms with Crippen molar-refractivity contribution in [3.05, 3.63) is 14.7 Å². The normalized spacial score (nSPS) is 13.3. The molecule has 1 atom stereocenters. The third-order valence-electron chi connectivity index (χ3n) is 3.32. The highest BCUT2D eigenvalue weighted by Crippen LogP contribution is 2.29. The number of hydrogen-bond donors (Lipinski definition) is 2. The quantitative estimate of drug-likeness (QED) is 0.668. The van der Waals surface area contributed by atoms with Gasteiger partial charge in [0.25, 0.3) is 0 Å². The molecule has 1 aromatic rings. The predicted molar refractivity (Wildman–Crippen MR) is 87.2 cm³/mol. The molecular weight excluding hydrogens is 378 g/mol. The second-order valence-electron chi connectivity index (χ2n) is 4.86. The number of halogens is 1. The average molecular weight is 398 g/mol. The summed E-state index contributed by atoms with van der Waals surface area (Å²) < 4.78 is 27.7. The second kappa shape index (κ2) is 8.26. The first-order chi connectivity index (χ1) is 9.76. The van der Waals surface area contributed by atoms with E-state index in [1.807, 2.05) is 6.92 Å². The number of aryl methyl sites for hydroxylation is 1. The van der Waals surface area contributed by atoms with E-state index in [0.717, 1.165) is 15.1 Å². The molecule has 1 heterocycles. The van der Waals surface area contributed by atoms with Gasteiger partial charge in [-0.05, 0) is 47.7 Å². The average Bonchev–Trinajstić information content (AvgIpc) is 2.73. The van der Waals surface area contributed by atoms with Gasteiger partial charge in [-0.15, -0.1) is 11.3 Å². The summed E-state index contributed by atoms with van der Waals surface area (Å²) in [5, 5.41) is 8.68. The molecule has 0 amide bonds. The summed E-state index contributed by atoms with van der Waals surface area (Å²) in [6.07, 6.45) is 2.20. The van der Waals surface area contributed by atoms with Gasteiger partial charge < -0.3 is 5.11 Å². The van der Waals surface area contributed by atoms with E-state index < -0.39 is 16.0 Å². The minimum atomic E-state index is -3.49. The fraction of sp³-hybridized carbons (Fsp3) is 0.615. The predicted octanol–water partition coefficient (Wildman–Crippen LogP) is 3.38. The molecular formula is C13H20BrNO4S2. The van der Waals surface area contributed by atoms with E-state index in [2.05, 4.69) is 20.7 Å². The molecule has 0 spiro atoms. The monoisotopic (exact) mass is 397 g/mol. The Bertz CT molecular complexity index is 583. The Morgan fingerprint density at radius 3 is 2.62 bits per heavy atom. The fourth-order valence-corrected chi connectivity index (χ4v) is 5.51. The third kappa shape index (κ3) is 6.06. The van der Waals surface area contributed by atoms with Gasteiger partial charge in [0, 0.05) is 17.8 Å². The summed E-state index contributed by atoms with van der Waals surface area (Å²) in [5.74, 6) is -0.591. The Balaban J connectivity index is 2.54. The zero-order chi connectivity index (χ0) is 16.0. The molecule has 0 bridgehead atoms. The zero-order valence-corrected chi connectivity index (χ0v) is 15.3. The van der Waals surface area contributed by atoms with E-state index in [4.69, 9.17) is 5.11 Å². The summed E-state index contributed by atoms with van der Waals surface area (Å²) in [6.45, 7) is 4.08. The van der Waals surface area contributed by atoms with Crippen molar-refractivity contribution in [1.29, 1.82) is 0 Å². The van der Waals surface area contributed by atoms with Gasteiger partial charge in [-0.3, -0.25) is 4.79 Å². The Morgan fingerprint density at radius 1 is 1.48 bits per heavy atom. The van der Waals surface area contributed by atoms with Crippen molar-refractivity contribution < 1.29 is 18.3 Å². The first kappa shape index (κ1) is 18.6. The van der Waals surface area contributed by atoms with Crippen LogP contribution in [0.4, 0.5) is 0 Å². The van der Waals surface area contributed by atoms with Gasteiger partial charge in [0.1, 0.15) is 0 Å². The van der Waals surface area contributed by atoms with Crippen LogP contribution in [0.1, 0.15) is 37.5 Å². The van der Waals surface area contributed by atoms with E-state index in [-0.39, 0.29) is 12.3 Å². The number of rotatable bonds is 9. The maximum Gasteiger partial charge on any atom is 0.303 e. The first-order valence-corrected chi connectivity index (χ1v) is 9.83. The molecule has 0 aliphatic heterocycles. The number of thiophene rings is 1. The topological polar surface area (TPSA) is 83.5 Å². The molecule has 0 saturated carbocycles. The number of nitrogens with one attached hydrogen (secondary N) is 1. The number of carbonyl (C=O) groups is 1. The molecule has 8 heteroatoms. The van der Waals surface area contributed by atoms with Crippen molar-refractivity contribution in [2.75, 3.05) is 6.54 Å². The molecule has 0 aromatic carbocycles. The van der Waals surface area contributed by atoms with Crippen molar-refractivity contribution in [1.82, 2.24) is 4.72 Å². The fourth-order valence-electron chi connectivity index (χ4n) is 2.05. The largest absolute Gasteiger partial charge is 0.481 e. The number of hydrogen-bond acceptors (Lipinski definition) is 4. The summed E-state index contributed by atoms with van der Waals surface area (Å²) in [7, 11) is -3.49. The van der Waals surface area contributed by atoms with Gasteiger partial charge in [-0.1, -0.05) is 13.3 Å². The lowest BCUT2D eigenvalue weighted by molar-refractivity contribution is -0.137. The van der Waals surface area contributed by atoms with Crippen LogP contribution in [-0.2, 0) is 14.8 Å². The van der Waals surface area contributed by atoms with Gasteiger partial charge in [0.2, 0.25) is 10.0 Å². The van der Waals surface area contributed by atoms with Crippen LogP contribution in [0.5, 0.6) is 0 Å². The Kier molecular flexibility index (Phi) is 7.32. The van der Waals surface area contributed by atoms with Crippen molar-refractivity contribution in [2.45, 2.75) is 44.4 Å². The van der Waals surface area contributed by atoms with E-state index >= 15 is 0 Å². The van der Waals surface area contributed by atoms with Crippen molar-refractivity contribution in [2.24, 2.45) is 5.92 Å². The van der Waals surface area contributed by atoms with Crippen LogP contribution < -0.4 is 4.72 Å². The molecule has 120 valence electrons. The smallest absolute Gasteiger partial charge is 0.303 e. The van der Waals surface area contributed by atoms with Crippen LogP contribution in [0.3, 0.4) is 0 Å². The number of aliphatic carboxylic acids is 1. The van der Waals surface area contributed by atoms with Gasteiger partial charge >= 0.3 is 5.97 Å². The summed E-state index contributed by atoms with van der Waals surface area (Å²) in [4.78, 5) is 11.6. The molecule has 0 fully saturated rings. The molecule has 1 aromatic heterocycles. The lowest BCUT2D eigenvalue weighted by Gasteiger charge is -2.14. The van der Waals surface area contributed by atoms with Crippen molar-refractivity contribution in [3.8, 4) is 0 Å². The van der Waals surface area contributed by atoms with Gasteiger partial charge in [0.15, 0.2) is 0 Å². The summed E-state index contributed by atoms with van der Waals surface area (Å²) in [6, 6.07) is 1.60. The van der Waals surface area contributed by atoms with Crippen LogP contribution in [0, 0.1) is 12.8 Å². The molecule has 1 unspecified atom stereocenters. The van der Waals surface area contributed by atoms with E-state index in [1.54, 1.807) is 13.0 Å². The van der Waals surface area contributed by atoms with E-state index in [9.17, 15) is 13.2 Å². The summed E-state index contributed by atoms with van der Waals surface area (Å²) >= 11 is 4.67. The minimum absolute atomic E-state index is 0.127. The maximum atomic E-state index is 12.2. The Labute approximate surface area is 137 Å². The van der Waals surface area contributed by atoms with Gasteiger partial charge in [-0.25, -0.2) is 13.1 Å². The third-order valence-corrected chi connectivity index (χ3v) is 6.59. The Hall–Kier alpha value is -0.440. The second-order valence-corrected chi connectivity index (χ2v) is 9.24. The van der Waals surface area contributed by atoms with Crippen LogP contribution in [0.2, 0.25) is 0 Å². The van der Waals surface area contributed by atoms with Crippen LogP contribution in [0.15, 0.2) is 14.7 Å². The van der Waals surface area contributed by atoms with Crippen LogP contribution >= 0.6 is 27.3 Å². The number of sulfonamides is 1. The van der Waals surface area contributed by atoms with Gasteiger partial charge in [0.05, 0.1) is 8.68 Å². The molecule has 0 aliphatic rings. The Morgan fingerprint density at radius 2 is 2.14 bits per heavy atom.